The average molecular weight is 390 g/mol. The maximum atomic E-state index is 13.0. The van der Waals surface area contributed by atoms with Crippen molar-refractivity contribution in [1.29, 1.82) is 0 Å². The van der Waals surface area contributed by atoms with Gasteiger partial charge in [0.15, 0.2) is 5.82 Å². The molecule has 3 heterocycles. The van der Waals surface area contributed by atoms with Crippen LogP contribution in [0.4, 0.5) is 19.0 Å². The third-order valence-electron chi connectivity index (χ3n) is 5.00. The number of hydrogen-bond donors (Lipinski definition) is 1. The van der Waals surface area contributed by atoms with Crippen molar-refractivity contribution in [3.63, 3.8) is 0 Å². The lowest BCUT2D eigenvalue weighted by atomic mass is 9.97. The number of anilines is 1. The summed E-state index contributed by atoms with van der Waals surface area (Å²) in [6.45, 7) is 1.10. The SMILES string of the molecule is O=C(O)C1CCN(c2nccn3nc(-c4cccc(C(F)(F)F)c4)cc23)CC1. The number of nitrogens with zero attached hydrogens (tertiary/aromatic N) is 4. The largest absolute Gasteiger partial charge is 0.481 e. The zero-order chi connectivity index (χ0) is 19.9. The second kappa shape index (κ2) is 6.81. The topological polar surface area (TPSA) is 70.7 Å². The van der Waals surface area contributed by atoms with E-state index in [4.69, 9.17) is 5.11 Å². The number of carboxylic acid groups (broad SMARTS) is 1. The highest BCUT2D eigenvalue weighted by molar-refractivity contribution is 5.76. The molecule has 1 aliphatic rings. The van der Waals surface area contributed by atoms with E-state index in [0.717, 1.165) is 12.1 Å². The summed E-state index contributed by atoms with van der Waals surface area (Å²) in [6, 6.07) is 6.76. The fourth-order valence-corrected chi connectivity index (χ4v) is 3.49. The molecule has 3 aromatic rings. The number of aliphatic carboxylic acids is 1. The molecular weight excluding hydrogens is 373 g/mol. The van der Waals surface area contributed by atoms with Crippen molar-refractivity contribution < 1.29 is 23.1 Å². The molecule has 1 saturated heterocycles. The van der Waals surface area contributed by atoms with Gasteiger partial charge in [0.1, 0.15) is 5.52 Å². The van der Waals surface area contributed by atoms with Crippen LogP contribution in [0.5, 0.6) is 0 Å². The molecule has 0 amide bonds. The van der Waals surface area contributed by atoms with E-state index in [9.17, 15) is 18.0 Å². The Morgan fingerprint density at radius 3 is 2.61 bits per heavy atom. The lowest BCUT2D eigenvalue weighted by Crippen LogP contribution is -2.37. The fraction of sp³-hybridized carbons (Fsp3) is 0.316. The monoisotopic (exact) mass is 390 g/mol. The average Bonchev–Trinajstić information content (AvgIpc) is 3.12. The first-order valence-electron chi connectivity index (χ1n) is 8.83. The second-order valence-electron chi connectivity index (χ2n) is 6.79. The fourth-order valence-electron chi connectivity index (χ4n) is 3.49. The standard InChI is InChI=1S/C19H17F3N4O2/c20-19(21,22)14-3-1-2-13(10-14)15-11-16-17(23-6-9-26(16)24-15)25-7-4-12(5-8-25)18(27)28/h1-3,6,9-12H,4-5,7-8H2,(H,27,28). The van der Waals surface area contributed by atoms with E-state index in [1.165, 1.54) is 6.07 Å². The van der Waals surface area contributed by atoms with Crippen LogP contribution in [0.1, 0.15) is 18.4 Å². The third kappa shape index (κ3) is 3.39. The molecule has 0 unspecified atom stereocenters. The first kappa shape index (κ1) is 18.3. The summed E-state index contributed by atoms with van der Waals surface area (Å²) in [5.74, 6) is -0.499. The number of halogens is 3. The Kier molecular flexibility index (Phi) is 4.44. The normalized spacial score (nSPS) is 15.9. The lowest BCUT2D eigenvalue weighted by Gasteiger charge is -2.31. The molecule has 146 valence electrons. The summed E-state index contributed by atoms with van der Waals surface area (Å²) in [7, 11) is 0. The highest BCUT2D eigenvalue weighted by Gasteiger charge is 2.31. The molecule has 4 rings (SSSR count). The molecular formula is C19H17F3N4O2. The molecule has 0 aliphatic carbocycles. The van der Waals surface area contributed by atoms with Crippen LogP contribution in [0, 0.1) is 5.92 Å². The maximum Gasteiger partial charge on any atom is 0.416 e. The van der Waals surface area contributed by atoms with E-state index in [1.54, 1.807) is 29.0 Å². The molecule has 1 aliphatic heterocycles. The Morgan fingerprint density at radius 2 is 1.93 bits per heavy atom. The summed E-state index contributed by atoms with van der Waals surface area (Å²) in [5.41, 5.74) is 0.731. The van der Waals surface area contributed by atoms with Crippen molar-refractivity contribution >= 4 is 17.3 Å². The van der Waals surface area contributed by atoms with Crippen molar-refractivity contribution in [2.24, 2.45) is 5.92 Å². The van der Waals surface area contributed by atoms with E-state index in [-0.39, 0.29) is 5.92 Å². The van der Waals surface area contributed by atoms with Crippen LogP contribution in [-0.2, 0) is 11.0 Å². The molecule has 0 saturated carbocycles. The zero-order valence-corrected chi connectivity index (χ0v) is 14.7. The van der Waals surface area contributed by atoms with Gasteiger partial charge < -0.3 is 10.0 Å². The van der Waals surface area contributed by atoms with Crippen LogP contribution in [0.25, 0.3) is 16.8 Å². The van der Waals surface area contributed by atoms with Gasteiger partial charge in [-0.15, -0.1) is 0 Å². The Bertz CT molecular complexity index is 1020. The number of alkyl halides is 3. The number of hydrogen-bond acceptors (Lipinski definition) is 4. The molecule has 6 nitrogen and oxygen atoms in total. The van der Waals surface area contributed by atoms with Gasteiger partial charge in [0.2, 0.25) is 0 Å². The van der Waals surface area contributed by atoms with E-state index in [1.807, 2.05) is 4.90 Å². The number of rotatable bonds is 3. The zero-order valence-electron chi connectivity index (χ0n) is 14.7. The van der Waals surface area contributed by atoms with Crippen LogP contribution in [0.15, 0.2) is 42.7 Å². The minimum absolute atomic E-state index is 0.360. The van der Waals surface area contributed by atoms with Crippen molar-refractivity contribution in [3.8, 4) is 11.3 Å². The van der Waals surface area contributed by atoms with Gasteiger partial charge in [-0.3, -0.25) is 4.79 Å². The predicted molar refractivity (Wildman–Crippen MR) is 96.0 cm³/mol. The van der Waals surface area contributed by atoms with Gasteiger partial charge in [-0.1, -0.05) is 12.1 Å². The number of aromatic nitrogens is 3. The number of fused-ring (bicyclic) bond motifs is 1. The van der Waals surface area contributed by atoms with Gasteiger partial charge in [-0.2, -0.15) is 18.3 Å². The van der Waals surface area contributed by atoms with Crippen LogP contribution in [-0.4, -0.2) is 38.8 Å². The van der Waals surface area contributed by atoms with Gasteiger partial charge in [0, 0.05) is 31.0 Å². The van der Waals surface area contributed by atoms with Gasteiger partial charge in [0.05, 0.1) is 17.2 Å². The summed E-state index contributed by atoms with van der Waals surface area (Å²) in [5, 5.41) is 13.5. The van der Waals surface area contributed by atoms with Crippen LogP contribution < -0.4 is 4.90 Å². The first-order valence-corrected chi connectivity index (χ1v) is 8.83. The Balaban J connectivity index is 1.68. The lowest BCUT2D eigenvalue weighted by molar-refractivity contribution is -0.142. The van der Waals surface area contributed by atoms with E-state index < -0.39 is 17.7 Å². The van der Waals surface area contributed by atoms with Crippen molar-refractivity contribution in [3.05, 3.63) is 48.3 Å². The maximum absolute atomic E-state index is 13.0. The van der Waals surface area contributed by atoms with Crippen molar-refractivity contribution in [1.82, 2.24) is 14.6 Å². The Morgan fingerprint density at radius 1 is 1.18 bits per heavy atom. The second-order valence-corrected chi connectivity index (χ2v) is 6.79. The predicted octanol–water partition coefficient (Wildman–Crippen LogP) is 3.72. The number of carboxylic acids is 1. The summed E-state index contributed by atoms with van der Waals surface area (Å²) in [4.78, 5) is 17.5. The molecule has 28 heavy (non-hydrogen) atoms. The van der Waals surface area contributed by atoms with Crippen LogP contribution in [0.2, 0.25) is 0 Å². The minimum Gasteiger partial charge on any atom is -0.481 e. The van der Waals surface area contributed by atoms with Gasteiger partial charge >= 0.3 is 12.1 Å². The van der Waals surface area contributed by atoms with Gasteiger partial charge in [-0.05, 0) is 31.0 Å². The van der Waals surface area contributed by atoms with E-state index >= 15 is 0 Å². The van der Waals surface area contributed by atoms with Crippen molar-refractivity contribution in [2.45, 2.75) is 19.0 Å². The molecule has 1 aromatic carbocycles. The highest BCUT2D eigenvalue weighted by Crippen LogP contribution is 2.33. The summed E-state index contributed by atoms with van der Waals surface area (Å²) >= 11 is 0. The van der Waals surface area contributed by atoms with Crippen LogP contribution in [0.3, 0.4) is 0 Å². The molecule has 0 atom stereocenters. The Hall–Kier alpha value is -3.10. The van der Waals surface area contributed by atoms with E-state index in [0.29, 0.717) is 48.5 Å². The number of benzene rings is 1. The van der Waals surface area contributed by atoms with Gasteiger partial charge in [0.25, 0.3) is 0 Å². The smallest absolute Gasteiger partial charge is 0.416 e. The molecule has 1 fully saturated rings. The van der Waals surface area contributed by atoms with Crippen LogP contribution >= 0.6 is 0 Å². The molecule has 9 heteroatoms. The molecule has 0 bridgehead atoms. The van der Waals surface area contributed by atoms with Gasteiger partial charge in [-0.25, -0.2) is 9.50 Å². The number of carbonyl (C=O) groups is 1. The molecule has 0 radical (unpaired) electrons. The van der Waals surface area contributed by atoms with E-state index in [2.05, 4.69) is 10.1 Å². The first-order chi connectivity index (χ1) is 13.3. The number of piperidine rings is 1. The minimum atomic E-state index is -4.42. The molecule has 0 spiro atoms. The third-order valence-corrected chi connectivity index (χ3v) is 5.00. The van der Waals surface area contributed by atoms with Crippen molar-refractivity contribution in [2.75, 3.05) is 18.0 Å². The highest BCUT2D eigenvalue weighted by atomic mass is 19.4. The molecule has 1 N–H and O–H groups in total. The summed E-state index contributed by atoms with van der Waals surface area (Å²) in [6.07, 6.45) is -0.162. The molecule has 2 aromatic heterocycles. The quantitative estimate of drug-likeness (QED) is 0.738. The summed E-state index contributed by atoms with van der Waals surface area (Å²) < 4.78 is 40.6. The Labute approximate surface area is 158 Å².